The zero-order valence-electron chi connectivity index (χ0n) is 9.29. The molecule has 0 fully saturated rings. The monoisotopic (exact) mass is 206 g/mol. The highest BCUT2D eigenvalue weighted by Crippen LogP contribution is 2.07. The van der Waals surface area contributed by atoms with Gasteiger partial charge in [-0.05, 0) is 17.5 Å². The minimum Gasteiger partial charge on any atom is -0.352 e. The maximum atomic E-state index is 11.8. The van der Waals surface area contributed by atoms with Crippen LogP contribution in [0.1, 0.15) is 29.8 Å². The zero-order valence-corrected chi connectivity index (χ0v) is 9.29. The number of carbonyl (C=O) groups is 1. The quantitative estimate of drug-likeness (QED) is 0.785. The van der Waals surface area contributed by atoms with Gasteiger partial charge in [0, 0.05) is 18.7 Å². The van der Waals surface area contributed by atoms with Gasteiger partial charge in [-0.2, -0.15) is 0 Å². The molecule has 1 aromatic carbocycles. The van der Waals surface area contributed by atoms with E-state index in [4.69, 9.17) is 5.73 Å². The first-order valence-corrected chi connectivity index (χ1v) is 5.21. The van der Waals surface area contributed by atoms with Gasteiger partial charge in [-0.3, -0.25) is 4.79 Å². The lowest BCUT2D eigenvalue weighted by molar-refractivity contribution is 0.0948. The first-order chi connectivity index (χ1) is 7.15. The highest BCUT2D eigenvalue weighted by atomic mass is 16.1. The summed E-state index contributed by atoms with van der Waals surface area (Å²) in [6.45, 7) is 5.22. The molecular formula is C12H18N2O. The van der Waals surface area contributed by atoms with Crippen molar-refractivity contribution >= 4 is 5.91 Å². The number of carbonyl (C=O) groups excluding carboxylic acids is 1. The molecule has 0 aliphatic carbocycles. The fraction of sp³-hybridized carbons (Fsp3) is 0.417. The van der Waals surface area contributed by atoms with Crippen LogP contribution in [0.5, 0.6) is 0 Å². The van der Waals surface area contributed by atoms with E-state index >= 15 is 0 Å². The van der Waals surface area contributed by atoms with Gasteiger partial charge in [0.1, 0.15) is 0 Å². The van der Waals surface area contributed by atoms with E-state index in [0.29, 0.717) is 24.6 Å². The number of amides is 1. The molecule has 0 bridgehead atoms. The molecule has 0 saturated carbocycles. The van der Waals surface area contributed by atoms with Gasteiger partial charge in [-0.1, -0.05) is 32.0 Å². The van der Waals surface area contributed by atoms with Gasteiger partial charge >= 0.3 is 0 Å². The molecule has 3 heteroatoms. The number of rotatable bonds is 4. The molecule has 0 radical (unpaired) electrons. The molecule has 3 nitrogen and oxygen atoms in total. The minimum atomic E-state index is -0.0373. The average molecular weight is 206 g/mol. The Morgan fingerprint density at radius 3 is 2.67 bits per heavy atom. The predicted molar refractivity (Wildman–Crippen MR) is 61.5 cm³/mol. The Morgan fingerprint density at radius 1 is 1.40 bits per heavy atom. The fourth-order valence-electron chi connectivity index (χ4n) is 1.31. The van der Waals surface area contributed by atoms with Gasteiger partial charge in [0.15, 0.2) is 0 Å². The Kier molecular flexibility index (Phi) is 4.31. The molecule has 3 N–H and O–H groups in total. The topological polar surface area (TPSA) is 55.1 Å². The van der Waals surface area contributed by atoms with Gasteiger partial charge in [0.2, 0.25) is 0 Å². The van der Waals surface area contributed by atoms with Crippen molar-refractivity contribution in [3.05, 3.63) is 35.4 Å². The number of nitrogens with one attached hydrogen (secondary N) is 1. The number of benzene rings is 1. The van der Waals surface area contributed by atoms with Crippen molar-refractivity contribution in [3.63, 3.8) is 0 Å². The summed E-state index contributed by atoms with van der Waals surface area (Å²) in [4.78, 5) is 11.8. The first kappa shape index (κ1) is 11.7. The largest absolute Gasteiger partial charge is 0.352 e. The second-order valence-corrected chi connectivity index (χ2v) is 3.97. The zero-order chi connectivity index (χ0) is 11.3. The molecule has 82 valence electrons. The third-order valence-corrected chi connectivity index (χ3v) is 2.15. The summed E-state index contributed by atoms with van der Waals surface area (Å²) in [5, 5.41) is 2.88. The van der Waals surface area contributed by atoms with Gasteiger partial charge in [-0.25, -0.2) is 0 Å². The van der Waals surface area contributed by atoms with E-state index in [0.717, 1.165) is 5.56 Å². The molecule has 0 spiro atoms. The van der Waals surface area contributed by atoms with Crippen LogP contribution >= 0.6 is 0 Å². The Hall–Kier alpha value is -1.35. The standard InChI is InChI=1S/C12H18N2O/c1-9(2)8-14-12(15)11-6-4-3-5-10(11)7-13/h3-6,9H,7-8,13H2,1-2H3,(H,14,15). The van der Waals surface area contributed by atoms with Gasteiger partial charge < -0.3 is 11.1 Å². The van der Waals surface area contributed by atoms with Crippen molar-refractivity contribution in [2.45, 2.75) is 20.4 Å². The molecule has 0 aliphatic heterocycles. The van der Waals surface area contributed by atoms with Gasteiger partial charge in [-0.15, -0.1) is 0 Å². The van der Waals surface area contributed by atoms with Crippen LogP contribution in [0.2, 0.25) is 0 Å². The molecule has 0 unspecified atom stereocenters. The summed E-state index contributed by atoms with van der Waals surface area (Å²) < 4.78 is 0. The Morgan fingerprint density at radius 2 is 2.07 bits per heavy atom. The van der Waals surface area contributed by atoms with Crippen LogP contribution in [0, 0.1) is 5.92 Å². The SMILES string of the molecule is CC(C)CNC(=O)c1ccccc1CN. The lowest BCUT2D eigenvalue weighted by atomic mass is 10.1. The van der Waals surface area contributed by atoms with Crippen LogP contribution in [0.3, 0.4) is 0 Å². The van der Waals surface area contributed by atoms with Crippen LogP contribution in [0.25, 0.3) is 0 Å². The smallest absolute Gasteiger partial charge is 0.251 e. The number of nitrogens with two attached hydrogens (primary N) is 1. The Bertz CT molecular complexity index is 334. The van der Waals surface area contributed by atoms with Crippen LogP contribution in [-0.2, 0) is 6.54 Å². The lowest BCUT2D eigenvalue weighted by Crippen LogP contribution is -2.28. The molecule has 0 atom stereocenters. The highest BCUT2D eigenvalue weighted by molar-refractivity contribution is 5.95. The molecular weight excluding hydrogens is 188 g/mol. The number of hydrogen-bond donors (Lipinski definition) is 2. The molecule has 0 aromatic heterocycles. The van der Waals surface area contributed by atoms with E-state index in [-0.39, 0.29) is 5.91 Å². The van der Waals surface area contributed by atoms with Crippen molar-refractivity contribution in [3.8, 4) is 0 Å². The van der Waals surface area contributed by atoms with Crippen LogP contribution in [0.15, 0.2) is 24.3 Å². The second-order valence-electron chi connectivity index (χ2n) is 3.97. The Balaban J connectivity index is 2.72. The van der Waals surface area contributed by atoms with Gasteiger partial charge in [0.05, 0.1) is 0 Å². The van der Waals surface area contributed by atoms with Crippen LogP contribution < -0.4 is 11.1 Å². The van der Waals surface area contributed by atoms with Gasteiger partial charge in [0.25, 0.3) is 5.91 Å². The number of hydrogen-bond acceptors (Lipinski definition) is 2. The van der Waals surface area contributed by atoms with Crippen LogP contribution in [0.4, 0.5) is 0 Å². The van der Waals surface area contributed by atoms with Crippen molar-refractivity contribution in [2.75, 3.05) is 6.54 Å². The lowest BCUT2D eigenvalue weighted by Gasteiger charge is -2.10. The molecule has 1 rings (SSSR count). The van der Waals surface area contributed by atoms with Crippen molar-refractivity contribution in [1.82, 2.24) is 5.32 Å². The summed E-state index contributed by atoms with van der Waals surface area (Å²) in [5.74, 6) is 0.420. The summed E-state index contributed by atoms with van der Waals surface area (Å²) in [5.41, 5.74) is 7.13. The van der Waals surface area contributed by atoms with E-state index < -0.39 is 0 Å². The fourth-order valence-corrected chi connectivity index (χ4v) is 1.31. The Labute approximate surface area is 90.7 Å². The molecule has 0 heterocycles. The van der Waals surface area contributed by atoms with E-state index in [1.807, 2.05) is 18.2 Å². The van der Waals surface area contributed by atoms with Crippen LogP contribution in [-0.4, -0.2) is 12.5 Å². The summed E-state index contributed by atoms with van der Waals surface area (Å²) >= 11 is 0. The van der Waals surface area contributed by atoms with E-state index in [2.05, 4.69) is 19.2 Å². The average Bonchev–Trinajstić information content (AvgIpc) is 2.25. The maximum absolute atomic E-state index is 11.8. The molecule has 1 aromatic rings. The predicted octanol–water partition coefficient (Wildman–Crippen LogP) is 1.53. The highest BCUT2D eigenvalue weighted by Gasteiger charge is 2.09. The van der Waals surface area contributed by atoms with E-state index in [1.165, 1.54) is 0 Å². The third-order valence-electron chi connectivity index (χ3n) is 2.15. The normalized spacial score (nSPS) is 10.4. The third kappa shape index (κ3) is 3.36. The molecule has 0 aliphatic rings. The van der Waals surface area contributed by atoms with Crippen molar-refractivity contribution in [2.24, 2.45) is 11.7 Å². The minimum absolute atomic E-state index is 0.0373. The summed E-state index contributed by atoms with van der Waals surface area (Å²) in [6.07, 6.45) is 0. The summed E-state index contributed by atoms with van der Waals surface area (Å²) in [6, 6.07) is 7.42. The molecule has 1 amide bonds. The first-order valence-electron chi connectivity index (χ1n) is 5.21. The van der Waals surface area contributed by atoms with Crippen molar-refractivity contribution in [1.29, 1.82) is 0 Å². The molecule has 15 heavy (non-hydrogen) atoms. The summed E-state index contributed by atoms with van der Waals surface area (Å²) in [7, 11) is 0. The van der Waals surface area contributed by atoms with E-state index in [9.17, 15) is 4.79 Å². The second kappa shape index (κ2) is 5.51. The van der Waals surface area contributed by atoms with E-state index in [1.54, 1.807) is 6.07 Å². The molecule has 0 saturated heterocycles. The maximum Gasteiger partial charge on any atom is 0.251 e. The van der Waals surface area contributed by atoms with Crippen molar-refractivity contribution < 1.29 is 4.79 Å².